The highest BCUT2D eigenvalue weighted by Crippen LogP contribution is 2.65. The van der Waals surface area contributed by atoms with E-state index in [9.17, 15) is 14.4 Å². The molecule has 1 heterocycles. The van der Waals surface area contributed by atoms with Crippen LogP contribution in [0.5, 0.6) is 0 Å². The van der Waals surface area contributed by atoms with Gasteiger partial charge in [-0.25, -0.2) is 0 Å². The van der Waals surface area contributed by atoms with Gasteiger partial charge in [0.2, 0.25) is 0 Å². The van der Waals surface area contributed by atoms with E-state index in [2.05, 4.69) is 0 Å². The molecule has 0 N–H and O–H groups in total. The van der Waals surface area contributed by atoms with Gasteiger partial charge in [0.05, 0.1) is 5.41 Å². The predicted molar refractivity (Wildman–Crippen MR) is 69.7 cm³/mol. The second-order valence-corrected chi connectivity index (χ2v) is 6.85. The molecule has 0 amide bonds. The lowest BCUT2D eigenvalue weighted by atomic mass is 9.47. The molecule has 4 heteroatoms. The molecule has 0 radical (unpaired) electrons. The lowest BCUT2D eigenvalue weighted by molar-refractivity contribution is -0.152. The van der Waals surface area contributed by atoms with Crippen LogP contribution in [0, 0.1) is 16.7 Å². The highest BCUT2D eigenvalue weighted by atomic mass is 16.6. The molecule has 2 bridgehead atoms. The summed E-state index contributed by atoms with van der Waals surface area (Å²) in [6.45, 7) is 1.75. The van der Waals surface area contributed by atoms with Gasteiger partial charge in [0, 0.05) is 12.8 Å². The van der Waals surface area contributed by atoms with Crippen molar-refractivity contribution in [3.05, 3.63) is 11.6 Å². The molecule has 1 saturated heterocycles. The van der Waals surface area contributed by atoms with Gasteiger partial charge in [0.25, 0.3) is 0 Å². The van der Waals surface area contributed by atoms with Crippen molar-refractivity contribution in [2.45, 2.75) is 51.6 Å². The van der Waals surface area contributed by atoms with Gasteiger partial charge < -0.3 is 4.74 Å². The second-order valence-electron chi connectivity index (χ2n) is 6.85. The van der Waals surface area contributed by atoms with Gasteiger partial charge in [0.1, 0.15) is 17.3 Å². The maximum atomic E-state index is 12.7. The first-order valence-electron chi connectivity index (χ1n) is 7.47. The summed E-state index contributed by atoms with van der Waals surface area (Å²) in [4.78, 5) is 37.1. The fraction of sp³-hybridized carbons (Fsp3) is 0.688. The lowest BCUT2D eigenvalue weighted by Crippen LogP contribution is -2.58. The fourth-order valence-electron chi connectivity index (χ4n) is 5.03. The normalized spacial score (nSPS) is 46.5. The summed E-state index contributed by atoms with van der Waals surface area (Å²) in [7, 11) is 0. The van der Waals surface area contributed by atoms with E-state index >= 15 is 0 Å². The average Bonchev–Trinajstić information content (AvgIpc) is 2.65. The molecule has 5 rings (SSSR count). The van der Waals surface area contributed by atoms with E-state index in [0.717, 1.165) is 19.3 Å². The minimum Gasteiger partial charge on any atom is -0.461 e. The van der Waals surface area contributed by atoms with Gasteiger partial charge >= 0.3 is 5.97 Å². The summed E-state index contributed by atoms with van der Waals surface area (Å²) in [6.07, 6.45) is 5.44. The van der Waals surface area contributed by atoms with Crippen molar-refractivity contribution in [2.24, 2.45) is 16.7 Å². The Bertz CT molecular complexity index is 575. The number of hydrogen-bond donors (Lipinski definition) is 0. The topological polar surface area (TPSA) is 60.4 Å². The molecule has 4 atom stereocenters. The maximum Gasteiger partial charge on any atom is 0.317 e. The number of rotatable bonds is 0. The second kappa shape index (κ2) is 3.60. The number of esters is 1. The molecule has 20 heavy (non-hydrogen) atoms. The van der Waals surface area contributed by atoms with Crippen molar-refractivity contribution < 1.29 is 19.1 Å². The summed E-state index contributed by atoms with van der Waals surface area (Å²) in [6, 6.07) is 0. The zero-order chi connectivity index (χ0) is 14.1. The van der Waals surface area contributed by atoms with Crippen LogP contribution in [-0.2, 0) is 19.1 Å². The Morgan fingerprint density at radius 3 is 2.75 bits per heavy atom. The maximum absolute atomic E-state index is 12.7. The van der Waals surface area contributed by atoms with Crippen LogP contribution in [-0.4, -0.2) is 23.6 Å². The summed E-state index contributed by atoms with van der Waals surface area (Å²) in [5.74, 6) is 0.382. The zero-order valence-electron chi connectivity index (χ0n) is 11.6. The Labute approximate surface area is 117 Å². The molecule has 106 valence electrons. The highest BCUT2D eigenvalue weighted by Gasteiger charge is 2.73. The van der Waals surface area contributed by atoms with Crippen LogP contribution in [0.15, 0.2) is 11.6 Å². The molecule has 4 aliphatic carbocycles. The first-order valence-corrected chi connectivity index (χ1v) is 7.47. The van der Waals surface area contributed by atoms with Crippen molar-refractivity contribution in [3.8, 4) is 0 Å². The van der Waals surface area contributed by atoms with Crippen LogP contribution >= 0.6 is 0 Å². The van der Waals surface area contributed by atoms with Crippen molar-refractivity contribution in [3.63, 3.8) is 0 Å². The number of ether oxygens (including phenoxy) is 1. The SMILES string of the molecule is CC1=CC2(CCC1=O)C(=O)OC1CC3CCC12C(=O)C3. The van der Waals surface area contributed by atoms with Crippen LogP contribution in [0.4, 0.5) is 0 Å². The summed E-state index contributed by atoms with van der Waals surface area (Å²) < 4.78 is 5.62. The minimum absolute atomic E-state index is 0.0835. The molecule has 0 aromatic heterocycles. The summed E-state index contributed by atoms with van der Waals surface area (Å²) in [5.41, 5.74) is -0.928. The van der Waals surface area contributed by atoms with E-state index in [0.29, 0.717) is 30.8 Å². The van der Waals surface area contributed by atoms with E-state index in [1.807, 2.05) is 0 Å². The van der Waals surface area contributed by atoms with Crippen LogP contribution in [0.3, 0.4) is 0 Å². The molecular weight excluding hydrogens is 256 g/mol. The summed E-state index contributed by atoms with van der Waals surface area (Å²) >= 11 is 0. The zero-order valence-corrected chi connectivity index (χ0v) is 11.6. The molecule has 4 unspecified atom stereocenters. The fourth-order valence-corrected chi connectivity index (χ4v) is 5.03. The molecule has 0 aromatic carbocycles. The lowest BCUT2D eigenvalue weighted by Gasteiger charge is -2.51. The highest BCUT2D eigenvalue weighted by molar-refractivity contribution is 6.03. The van der Waals surface area contributed by atoms with E-state index in [4.69, 9.17) is 4.74 Å². The predicted octanol–water partition coefficient (Wildman–Crippen LogP) is 1.97. The number of Topliss-reactive ketones (excluding diaryl/α,β-unsaturated/α-hetero) is 2. The quantitative estimate of drug-likeness (QED) is 0.634. The number of allylic oxidation sites excluding steroid dienone is 1. The molecule has 1 aliphatic heterocycles. The van der Waals surface area contributed by atoms with Crippen LogP contribution in [0.25, 0.3) is 0 Å². The van der Waals surface area contributed by atoms with Gasteiger partial charge in [-0.05, 0) is 44.1 Å². The third-order valence-electron chi connectivity index (χ3n) is 6.07. The van der Waals surface area contributed by atoms with Crippen LogP contribution < -0.4 is 0 Å². The van der Waals surface area contributed by atoms with Crippen molar-refractivity contribution in [1.82, 2.24) is 0 Å². The number of fused-ring (bicyclic) bond motifs is 2. The van der Waals surface area contributed by atoms with Gasteiger partial charge in [-0.1, -0.05) is 6.08 Å². The van der Waals surface area contributed by atoms with Gasteiger partial charge in [-0.2, -0.15) is 0 Å². The number of carbonyl (C=O) groups is 3. The molecule has 5 aliphatic rings. The Kier molecular flexibility index (Phi) is 2.21. The molecule has 4 fully saturated rings. The molecule has 4 nitrogen and oxygen atoms in total. The molecular formula is C16H18O4. The van der Waals surface area contributed by atoms with Gasteiger partial charge in [-0.15, -0.1) is 0 Å². The van der Waals surface area contributed by atoms with E-state index in [-0.39, 0.29) is 23.6 Å². The number of hydrogen-bond acceptors (Lipinski definition) is 4. The first kappa shape index (κ1) is 12.3. The smallest absolute Gasteiger partial charge is 0.317 e. The number of carbonyl (C=O) groups excluding carboxylic acids is 3. The van der Waals surface area contributed by atoms with E-state index < -0.39 is 10.8 Å². The molecule has 3 saturated carbocycles. The van der Waals surface area contributed by atoms with E-state index in [1.165, 1.54) is 0 Å². The monoisotopic (exact) mass is 274 g/mol. The van der Waals surface area contributed by atoms with Crippen molar-refractivity contribution in [2.75, 3.05) is 0 Å². The average molecular weight is 274 g/mol. The Hall–Kier alpha value is -1.45. The molecule has 0 aromatic rings. The summed E-state index contributed by atoms with van der Waals surface area (Å²) in [5, 5.41) is 0. The van der Waals surface area contributed by atoms with Crippen molar-refractivity contribution >= 4 is 17.5 Å². The van der Waals surface area contributed by atoms with Crippen LogP contribution in [0.1, 0.15) is 45.4 Å². The van der Waals surface area contributed by atoms with E-state index in [1.54, 1.807) is 13.0 Å². The van der Waals surface area contributed by atoms with Gasteiger partial charge in [-0.3, -0.25) is 14.4 Å². The first-order chi connectivity index (χ1) is 9.49. The third-order valence-corrected chi connectivity index (χ3v) is 6.07. The Morgan fingerprint density at radius 2 is 2.05 bits per heavy atom. The number of ketones is 2. The van der Waals surface area contributed by atoms with Gasteiger partial charge in [0.15, 0.2) is 5.78 Å². The molecule has 2 spiro atoms. The Balaban J connectivity index is 1.92. The third kappa shape index (κ3) is 1.17. The Morgan fingerprint density at radius 1 is 1.25 bits per heavy atom. The van der Waals surface area contributed by atoms with Crippen molar-refractivity contribution in [1.29, 1.82) is 0 Å². The largest absolute Gasteiger partial charge is 0.461 e. The minimum atomic E-state index is -0.863. The standard InChI is InChI=1S/C16H18O4/c1-9-8-15(4-3-11(9)17)14(19)20-13-7-10-2-5-16(13,15)12(18)6-10/h8,10,13H,2-7H2,1H3. The van der Waals surface area contributed by atoms with Crippen LogP contribution in [0.2, 0.25) is 0 Å².